The van der Waals surface area contributed by atoms with Gasteiger partial charge in [-0.15, -0.1) is 11.6 Å². The number of halogens is 1. The van der Waals surface area contributed by atoms with Crippen molar-refractivity contribution in [2.24, 2.45) is 5.84 Å². The predicted octanol–water partition coefficient (Wildman–Crippen LogP) is 2.79. The number of pyridine rings is 1. The standard InChI is InChI=1S/C13H18ClN3O/c1-10-8-13(16-9-12(10)17-15)18-7-5-3-4-6-11(2)14/h3-6,8-9,11,17H,7,15H2,1-2H3/b5-3-,6-4-. The summed E-state index contributed by atoms with van der Waals surface area (Å²) in [5, 5.41) is 0.0381. The van der Waals surface area contributed by atoms with Crippen molar-refractivity contribution < 1.29 is 4.74 Å². The number of rotatable bonds is 6. The van der Waals surface area contributed by atoms with Crippen molar-refractivity contribution in [2.45, 2.75) is 19.2 Å². The monoisotopic (exact) mass is 267 g/mol. The molecule has 4 nitrogen and oxygen atoms in total. The molecular formula is C13H18ClN3O. The number of hydrogen-bond acceptors (Lipinski definition) is 4. The number of alkyl halides is 1. The number of aromatic nitrogens is 1. The van der Waals surface area contributed by atoms with Crippen molar-refractivity contribution in [3.05, 3.63) is 42.1 Å². The molecule has 1 atom stereocenters. The largest absolute Gasteiger partial charge is 0.473 e. The Balaban J connectivity index is 2.42. The van der Waals surface area contributed by atoms with Crippen LogP contribution in [0.25, 0.3) is 0 Å². The molecule has 98 valence electrons. The summed E-state index contributed by atoms with van der Waals surface area (Å²) in [5.41, 5.74) is 4.34. The fourth-order valence-corrected chi connectivity index (χ4v) is 1.33. The maximum atomic E-state index is 5.75. The van der Waals surface area contributed by atoms with Crippen LogP contribution in [0.3, 0.4) is 0 Å². The smallest absolute Gasteiger partial charge is 0.213 e. The molecule has 0 aliphatic rings. The van der Waals surface area contributed by atoms with Gasteiger partial charge in [-0.2, -0.15) is 0 Å². The van der Waals surface area contributed by atoms with Gasteiger partial charge in [0.1, 0.15) is 6.61 Å². The SMILES string of the molecule is Cc1cc(OC/C=C\C=C/C(C)Cl)ncc1NN. The van der Waals surface area contributed by atoms with Gasteiger partial charge in [-0.05, 0) is 25.5 Å². The maximum Gasteiger partial charge on any atom is 0.213 e. The number of hydrogen-bond donors (Lipinski definition) is 2. The van der Waals surface area contributed by atoms with Gasteiger partial charge in [0.05, 0.1) is 11.9 Å². The van der Waals surface area contributed by atoms with Crippen LogP contribution in [0, 0.1) is 6.92 Å². The van der Waals surface area contributed by atoms with Gasteiger partial charge in [0, 0.05) is 11.4 Å². The van der Waals surface area contributed by atoms with Crippen molar-refractivity contribution in [2.75, 3.05) is 12.0 Å². The van der Waals surface area contributed by atoms with Crippen LogP contribution < -0.4 is 16.0 Å². The number of nitrogen functional groups attached to an aromatic ring is 1. The summed E-state index contributed by atoms with van der Waals surface area (Å²) in [7, 11) is 0. The van der Waals surface area contributed by atoms with Gasteiger partial charge in [0.15, 0.2) is 0 Å². The molecule has 0 radical (unpaired) electrons. The molecule has 18 heavy (non-hydrogen) atoms. The molecule has 0 saturated carbocycles. The van der Waals surface area contributed by atoms with E-state index in [1.165, 1.54) is 0 Å². The summed E-state index contributed by atoms with van der Waals surface area (Å²) in [4.78, 5) is 4.12. The third-order valence-electron chi connectivity index (χ3n) is 2.19. The molecule has 0 saturated heterocycles. The van der Waals surface area contributed by atoms with Gasteiger partial charge in [-0.1, -0.05) is 18.2 Å². The molecule has 0 bridgehead atoms. The Morgan fingerprint density at radius 1 is 1.56 bits per heavy atom. The van der Waals surface area contributed by atoms with Gasteiger partial charge >= 0.3 is 0 Å². The lowest BCUT2D eigenvalue weighted by Gasteiger charge is -2.06. The number of anilines is 1. The van der Waals surface area contributed by atoms with E-state index in [-0.39, 0.29) is 5.38 Å². The lowest BCUT2D eigenvalue weighted by molar-refractivity contribution is 0.348. The topological polar surface area (TPSA) is 60.2 Å². The van der Waals surface area contributed by atoms with Crippen LogP contribution in [-0.2, 0) is 0 Å². The summed E-state index contributed by atoms with van der Waals surface area (Å²) in [6, 6.07) is 1.83. The van der Waals surface area contributed by atoms with E-state index in [1.54, 1.807) is 6.20 Å². The third-order valence-corrected chi connectivity index (χ3v) is 2.34. The first-order chi connectivity index (χ1) is 8.63. The van der Waals surface area contributed by atoms with Crippen LogP contribution in [0.2, 0.25) is 0 Å². The second kappa shape index (κ2) is 7.74. The van der Waals surface area contributed by atoms with Crippen molar-refractivity contribution in [1.82, 2.24) is 4.98 Å². The molecule has 1 aromatic rings. The zero-order valence-electron chi connectivity index (χ0n) is 10.6. The second-order valence-corrected chi connectivity index (χ2v) is 4.47. The van der Waals surface area contributed by atoms with E-state index in [1.807, 2.05) is 44.2 Å². The molecule has 1 aromatic heterocycles. The molecule has 1 heterocycles. The molecule has 3 N–H and O–H groups in total. The minimum atomic E-state index is 0.0381. The average molecular weight is 268 g/mol. The minimum absolute atomic E-state index is 0.0381. The van der Waals surface area contributed by atoms with E-state index in [4.69, 9.17) is 22.2 Å². The minimum Gasteiger partial charge on any atom is -0.473 e. The first kappa shape index (κ1) is 14.5. The molecule has 0 spiro atoms. The molecule has 5 heteroatoms. The zero-order chi connectivity index (χ0) is 13.4. The van der Waals surface area contributed by atoms with Gasteiger partial charge < -0.3 is 10.2 Å². The summed E-state index contributed by atoms with van der Waals surface area (Å²) in [5.74, 6) is 5.89. The van der Waals surface area contributed by atoms with Crippen molar-refractivity contribution in [3.8, 4) is 5.88 Å². The average Bonchev–Trinajstić information content (AvgIpc) is 2.33. The molecule has 1 rings (SSSR count). The molecule has 0 aromatic carbocycles. The maximum absolute atomic E-state index is 5.75. The first-order valence-electron chi connectivity index (χ1n) is 5.67. The van der Waals surface area contributed by atoms with Crippen molar-refractivity contribution in [3.63, 3.8) is 0 Å². The van der Waals surface area contributed by atoms with Crippen molar-refractivity contribution in [1.29, 1.82) is 0 Å². The zero-order valence-corrected chi connectivity index (χ0v) is 11.3. The van der Waals surface area contributed by atoms with Crippen LogP contribution in [0.5, 0.6) is 5.88 Å². The summed E-state index contributed by atoms with van der Waals surface area (Å²) in [6.07, 6.45) is 9.20. The highest BCUT2D eigenvalue weighted by molar-refractivity contribution is 6.21. The highest BCUT2D eigenvalue weighted by Crippen LogP contribution is 2.16. The summed E-state index contributed by atoms with van der Waals surface area (Å²) < 4.78 is 5.46. The van der Waals surface area contributed by atoms with E-state index in [0.717, 1.165) is 11.3 Å². The Morgan fingerprint density at radius 3 is 2.94 bits per heavy atom. The van der Waals surface area contributed by atoms with Crippen LogP contribution >= 0.6 is 11.6 Å². The highest BCUT2D eigenvalue weighted by atomic mass is 35.5. The van der Waals surface area contributed by atoms with Crippen LogP contribution in [0.4, 0.5) is 5.69 Å². The van der Waals surface area contributed by atoms with E-state index in [0.29, 0.717) is 12.5 Å². The molecule has 0 amide bonds. The van der Waals surface area contributed by atoms with Gasteiger partial charge in [-0.3, -0.25) is 5.84 Å². The highest BCUT2D eigenvalue weighted by Gasteiger charge is 1.99. The molecule has 1 unspecified atom stereocenters. The van der Waals surface area contributed by atoms with Gasteiger partial charge in [0.2, 0.25) is 5.88 Å². The number of nitrogens with two attached hydrogens (primary N) is 1. The summed E-state index contributed by atoms with van der Waals surface area (Å²) >= 11 is 5.75. The predicted molar refractivity (Wildman–Crippen MR) is 75.9 cm³/mol. The quantitative estimate of drug-likeness (QED) is 0.360. The number of hydrazine groups is 1. The van der Waals surface area contributed by atoms with E-state index >= 15 is 0 Å². The van der Waals surface area contributed by atoms with E-state index in [2.05, 4.69) is 10.4 Å². The summed E-state index contributed by atoms with van der Waals surface area (Å²) in [6.45, 7) is 4.30. The Kier molecular flexibility index (Phi) is 6.25. The third kappa shape index (κ3) is 5.21. The van der Waals surface area contributed by atoms with Crippen LogP contribution in [0.1, 0.15) is 12.5 Å². The van der Waals surface area contributed by atoms with Crippen LogP contribution in [-0.4, -0.2) is 17.0 Å². The Bertz CT molecular complexity index is 430. The van der Waals surface area contributed by atoms with Crippen LogP contribution in [0.15, 0.2) is 36.6 Å². The van der Waals surface area contributed by atoms with E-state index in [9.17, 15) is 0 Å². The second-order valence-electron chi connectivity index (χ2n) is 3.78. The van der Waals surface area contributed by atoms with Crippen molar-refractivity contribution >= 4 is 17.3 Å². The molecule has 0 fully saturated rings. The molecular weight excluding hydrogens is 250 g/mol. The Labute approximate surface area is 112 Å². The molecule has 0 aliphatic carbocycles. The number of nitrogens with zero attached hydrogens (tertiary/aromatic N) is 1. The number of aryl methyl sites for hydroxylation is 1. The van der Waals surface area contributed by atoms with Gasteiger partial charge in [-0.25, -0.2) is 4.98 Å². The lowest BCUT2D eigenvalue weighted by Crippen LogP contribution is -2.08. The Morgan fingerprint density at radius 2 is 2.33 bits per heavy atom. The number of ether oxygens (including phenoxy) is 1. The molecule has 0 aliphatic heterocycles. The Hall–Kier alpha value is -1.52. The normalized spacial score (nSPS) is 13.1. The number of allylic oxidation sites excluding steroid dienone is 3. The lowest BCUT2D eigenvalue weighted by atomic mass is 10.2. The fraction of sp³-hybridized carbons (Fsp3) is 0.308. The fourth-order valence-electron chi connectivity index (χ4n) is 1.25. The number of nitrogens with one attached hydrogen (secondary N) is 1. The van der Waals surface area contributed by atoms with E-state index < -0.39 is 0 Å². The van der Waals surface area contributed by atoms with Gasteiger partial charge in [0.25, 0.3) is 0 Å². The first-order valence-corrected chi connectivity index (χ1v) is 6.10.